The summed E-state index contributed by atoms with van der Waals surface area (Å²) >= 11 is 0. The first-order chi connectivity index (χ1) is 9.88. The summed E-state index contributed by atoms with van der Waals surface area (Å²) in [5.74, 6) is -0.490. The molecule has 5 heteroatoms. The summed E-state index contributed by atoms with van der Waals surface area (Å²) in [4.78, 5) is 25.4. The van der Waals surface area contributed by atoms with E-state index >= 15 is 0 Å². The minimum absolute atomic E-state index is 0.213. The van der Waals surface area contributed by atoms with Crippen LogP contribution in [-0.4, -0.2) is 30.4 Å². The predicted octanol–water partition coefficient (Wildman–Crippen LogP) is 1.34. The second-order valence-electron chi connectivity index (χ2n) is 5.88. The van der Waals surface area contributed by atoms with E-state index in [1.807, 2.05) is 30.9 Å². The van der Waals surface area contributed by atoms with Crippen molar-refractivity contribution in [3.63, 3.8) is 0 Å². The first-order valence-corrected chi connectivity index (χ1v) is 7.31. The molecule has 2 N–H and O–H groups in total. The van der Waals surface area contributed by atoms with Crippen LogP contribution in [0.5, 0.6) is 0 Å². The summed E-state index contributed by atoms with van der Waals surface area (Å²) in [6, 6.07) is 6.15. The van der Waals surface area contributed by atoms with Crippen LogP contribution in [-0.2, 0) is 16.1 Å². The number of carbonyl (C=O) groups excluding carboxylic acids is 2. The average Bonchev–Trinajstić information content (AvgIpc) is 2.41. The van der Waals surface area contributed by atoms with Gasteiger partial charge < -0.3 is 10.2 Å². The van der Waals surface area contributed by atoms with Crippen LogP contribution in [0.3, 0.4) is 0 Å². The minimum atomic E-state index is -0.344. The van der Waals surface area contributed by atoms with Gasteiger partial charge >= 0.3 is 0 Å². The zero-order valence-corrected chi connectivity index (χ0v) is 13.1. The van der Waals surface area contributed by atoms with E-state index in [2.05, 4.69) is 30.5 Å². The molecule has 2 amide bonds. The van der Waals surface area contributed by atoms with Gasteiger partial charge in [0.05, 0.1) is 6.54 Å². The third-order valence-electron chi connectivity index (χ3n) is 3.67. The van der Waals surface area contributed by atoms with Gasteiger partial charge in [0.1, 0.15) is 6.04 Å². The third-order valence-corrected chi connectivity index (χ3v) is 3.67. The summed E-state index contributed by atoms with van der Waals surface area (Å²) < 4.78 is 0. The number of rotatable bonds is 4. The monoisotopic (exact) mass is 289 g/mol. The van der Waals surface area contributed by atoms with E-state index in [0.717, 1.165) is 11.3 Å². The van der Waals surface area contributed by atoms with Crippen molar-refractivity contribution in [3.8, 4) is 0 Å². The number of carbonyl (C=O) groups is 2. The summed E-state index contributed by atoms with van der Waals surface area (Å²) in [6.07, 6.45) is 0. The van der Waals surface area contributed by atoms with Gasteiger partial charge in [0.15, 0.2) is 0 Å². The van der Waals surface area contributed by atoms with Crippen LogP contribution in [0.1, 0.15) is 31.9 Å². The fourth-order valence-electron chi connectivity index (χ4n) is 2.46. The molecule has 1 fully saturated rings. The SMILES string of the molecule is Cc1ccc(N2CC(=O)NC(=O)C2C)c(CNC(C)C)c1. The first-order valence-electron chi connectivity index (χ1n) is 7.31. The van der Waals surface area contributed by atoms with E-state index < -0.39 is 0 Å². The predicted molar refractivity (Wildman–Crippen MR) is 83.1 cm³/mol. The van der Waals surface area contributed by atoms with Crippen molar-refractivity contribution in [1.82, 2.24) is 10.6 Å². The van der Waals surface area contributed by atoms with E-state index in [4.69, 9.17) is 0 Å². The highest BCUT2D eigenvalue weighted by molar-refractivity contribution is 6.04. The molecule has 0 bridgehead atoms. The largest absolute Gasteiger partial charge is 0.350 e. The van der Waals surface area contributed by atoms with Gasteiger partial charge in [0, 0.05) is 18.3 Å². The fraction of sp³-hybridized carbons (Fsp3) is 0.500. The van der Waals surface area contributed by atoms with Gasteiger partial charge in [-0.1, -0.05) is 31.5 Å². The molecule has 114 valence electrons. The Bertz CT molecular complexity index is 554. The van der Waals surface area contributed by atoms with Gasteiger partial charge in [-0.3, -0.25) is 14.9 Å². The van der Waals surface area contributed by atoms with E-state index in [9.17, 15) is 9.59 Å². The number of aryl methyl sites for hydroxylation is 1. The molecule has 0 aliphatic carbocycles. The van der Waals surface area contributed by atoms with Gasteiger partial charge in [0.25, 0.3) is 0 Å². The molecule has 1 aromatic rings. The normalized spacial score (nSPS) is 19.1. The maximum atomic E-state index is 11.8. The molecule has 1 aliphatic rings. The van der Waals surface area contributed by atoms with Crippen molar-refractivity contribution in [2.75, 3.05) is 11.4 Å². The van der Waals surface area contributed by atoms with Crippen molar-refractivity contribution in [2.45, 2.75) is 46.3 Å². The number of nitrogens with one attached hydrogen (secondary N) is 2. The lowest BCUT2D eigenvalue weighted by Crippen LogP contribution is -2.57. The summed E-state index contributed by atoms with van der Waals surface area (Å²) in [5.41, 5.74) is 3.22. The Morgan fingerprint density at radius 3 is 2.76 bits per heavy atom. The molecule has 0 aromatic heterocycles. The molecule has 5 nitrogen and oxygen atoms in total. The maximum absolute atomic E-state index is 11.8. The summed E-state index contributed by atoms with van der Waals surface area (Å²) in [5, 5.41) is 5.77. The van der Waals surface area contributed by atoms with Crippen LogP contribution >= 0.6 is 0 Å². The molecular formula is C16H23N3O2. The maximum Gasteiger partial charge on any atom is 0.249 e. The quantitative estimate of drug-likeness (QED) is 0.821. The zero-order chi connectivity index (χ0) is 15.6. The lowest BCUT2D eigenvalue weighted by molar-refractivity contribution is -0.132. The van der Waals surface area contributed by atoms with Crippen LogP contribution < -0.4 is 15.5 Å². The molecular weight excluding hydrogens is 266 g/mol. The Hall–Kier alpha value is -1.88. The highest BCUT2D eigenvalue weighted by Gasteiger charge is 2.31. The number of hydrogen-bond acceptors (Lipinski definition) is 4. The highest BCUT2D eigenvalue weighted by Crippen LogP contribution is 2.25. The Balaban J connectivity index is 2.33. The first kappa shape index (κ1) is 15.5. The number of nitrogens with zero attached hydrogens (tertiary/aromatic N) is 1. The highest BCUT2D eigenvalue weighted by atomic mass is 16.2. The van der Waals surface area contributed by atoms with Crippen molar-refractivity contribution in [1.29, 1.82) is 0 Å². The number of anilines is 1. The van der Waals surface area contributed by atoms with Crippen LogP contribution in [0.2, 0.25) is 0 Å². The smallest absolute Gasteiger partial charge is 0.249 e. The second kappa shape index (κ2) is 6.26. The lowest BCUT2D eigenvalue weighted by atomic mass is 10.0. The molecule has 21 heavy (non-hydrogen) atoms. The molecule has 1 aromatic carbocycles. The molecule has 1 unspecified atom stereocenters. The third kappa shape index (κ3) is 3.61. The Morgan fingerprint density at radius 1 is 1.38 bits per heavy atom. The second-order valence-corrected chi connectivity index (χ2v) is 5.88. The number of piperazine rings is 1. The molecule has 1 aliphatic heterocycles. The van der Waals surface area contributed by atoms with Gasteiger partial charge in [0.2, 0.25) is 11.8 Å². The van der Waals surface area contributed by atoms with Gasteiger partial charge in [-0.05, 0) is 25.5 Å². The van der Waals surface area contributed by atoms with Crippen molar-refractivity contribution >= 4 is 17.5 Å². The number of benzene rings is 1. The van der Waals surface area contributed by atoms with Crippen LogP contribution in [0.15, 0.2) is 18.2 Å². The fourth-order valence-corrected chi connectivity index (χ4v) is 2.46. The number of amides is 2. The van der Waals surface area contributed by atoms with Crippen molar-refractivity contribution < 1.29 is 9.59 Å². The summed E-state index contributed by atoms with van der Waals surface area (Å²) in [7, 11) is 0. The van der Waals surface area contributed by atoms with Crippen molar-refractivity contribution in [2.24, 2.45) is 0 Å². The summed E-state index contributed by atoms with van der Waals surface area (Å²) in [6.45, 7) is 8.98. The minimum Gasteiger partial charge on any atom is -0.350 e. The number of hydrogen-bond donors (Lipinski definition) is 2. The Labute approximate surface area is 125 Å². The molecule has 1 atom stereocenters. The van der Waals surface area contributed by atoms with Crippen LogP contribution in [0, 0.1) is 6.92 Å². The Kier molecular flexibility index (Phi) is 4.63. The topological polar surface area (TPSA) is 61.4 Å². The average molecular weight is 289 g/mol. The number of imide groups is 1. The van der Waals surface area contributed by atoms with Gasteiger partial charge in [-0.2, -0.15) is 0 Å². The van der Waals surface area contributed by atoms with E-state index in [1.54, 1.807) is 0 Å². The zero-order valence-electron chi connectivity index (χ0n) is 13.1. The van der Waals surface area contributed by atoms with E-state index in [1.165, 1.54) is 5.56 Å². The van der Waals surface area contributed by atoms with Gasteiger partial charge in [-0.25, -0.2) is 0 Å². The molecule has 0 spiro atoms. The molecule has 1 saturated heterocycles. The van der Waals surface area contributed by atoms with Crippen LogP contribution in [0.4, 0.5) is 5.69 Å². The van der Waals surface area contributed by atoms with E-state index in [0.29, 0.717) is 12.6 Å². The molecule has 2 rings (SSSR count). The standard InChI is InChI=1S/C16H23N3O2/c1-10(2)17-8-13-7-11(3)5-6-14(13)19-9-15(20)18-16(21)12(19)4/h5-7,10,12,17H,8-9H2,1-4H3,(H,18,20,21). The van der Waals surface area contributed by atoms with Gasteiger partial charge in [-0.15, -0.1) is 0 Å². The Morgan fingerprint density at radius 2 is 2.10 bits per heavy atom. The van der Waals surface area contributed by atoms with Crippen LogP contribution in [0.25, 0.3) is 0 Å². The molecule has 1 heterocycles. The van der Waals surface area contributed by atoms with Crippen molar-refractivity contribution in [3.05, 3.63) is 29.3 Å². The lowest BCUT2D eigenvalue weighted by Gasteiger charge is -2.35. The molecule has 0 saturated carbocycles. The van der Waals surface area contributed by atoms with E-state index in [-0.39, 0.29) is 24.4 Å². The molecule has 0 radical (unpaired) electrons.